The topological polar surface area (TPSA) is 105 Å². The van der Waals surface area contributed by atoms with Gasteiger partial charge in [0.2, 0.25) is 5.91 Å². The first-order valence-electron chi connectivity index (χ1n) is 26.7. The standard InChI is InChI=1S/C55H103N2O6P/c1-6-8-10-12-14-16-18-20-22-23-24-25-26-27-28-29-30-31-32-33-35-37-39-41-43-45-47-49-55(59)56-53(52-63-64(60,61)62-51-50-57(3,4)5)54(58)48-46-44-42-40-38-36-34-21-19-17-15-13-11-9-7-2/h18,20,23-24,26-27,38,40,46,48,53-54,58H,6-17,19,21-22,25,28-37,39,41-45,47,49-52H2,1-5H3,(H-,56,59,60,61)/p+1/b20-18-,24-23-,27-26-,40-38+,48-46+. The molecule has 0 rings (SSSR count). The molecule has 0 aromatic carbocycles. The maximum absolute atomic E-state index is 12.9. The number of rotatable bonds is 48. The summed E-state index contributed by atoms with van der Waals surface area (Å²) >= 11 is 0. The van der Waals surface area contributed by atoms with Crippen molar-refractivity contribution in [2.75, 3.05) is 40.9 Å². The lowest BCUT2D eigenvalue weighted by atomic mass is 10.0. The fourth-order valence-electron chi connectivity index (χ4n) is 7.48. The van der Waals surface area contributed by atoms with Crippen LogP contribution in [0.15, 0.2) is 60.8 Å². The van der Waals surface area contributed by atoms with Crippen LogP contribution < -0.4 is 5.32 Å². The fraction of sp³-hybridized carbons (Fsp3) is 0.800. The molecule has 0 aliphatic rings. The average Bonchev–Trinajstić information content (AvgIpc) is 3.25. The smallest absolute Gasteiger partial charge is 0.387 e. The summed E-state index contributed by atoms with van der Waals surface area (Å²) in [7, 11) is 1.55. The summed E-state index contributed by atoms with van der Waals surface area (Å²) in [5.74, 6) is -0.190. The summed E-state index contributed by atoms with van der Waals surface area (Å²) in [5.41, 5.74) is 0. The van der Waals surface area contributed by atoms with E-state index in [-0.39, 0.29) is 19.1 Å². The van der Waals surface area contributed by atoms with E-state index in [9.17, 15) is 19.4 Å². The molecule has 8 nitrogen and oxygen atoms in total. The van der Waals surface area contributed by atoms with Crippen molar-refractivity contribution in [3.8, 4) is 0 Å². The quantitative estimate of drug-likeness (QED) is 0.0243. The van der Waals surface area contributed by atoms with E-state index < -0.39 is 20.0 Å². The number of aliphatic hydroxyl groups excluding tert-OH is 1. The third-order valence-electron chi connectivity index (χ3n) is 11.7. The Kier molecular flexibility index (Phi) is 45.0. The molecular weight excluding hydrogens is 816 g/mol. The number of phosphoric ester groups is 1. The van der Waals surface area contributed by atoms with Crippen LogP contribution in [0.4, 0.5) is 0 Å². The number of carbonyl (C=O) groups is 1. The van der Waals surface area contributed by atoms with E-state index in [1.807, 2.05) is 27.2 Å². The molecular formula is C55H104N2O6P+. The van der Waals surface area contributed by atoms with Gasteiger partial charge in [0.1, 0.15) is 13.2 Å². The van der Waals surface area contributed by atoms with Crippen LogP contribution in [0, 0.1) is 0 Å². The highest BCUT2D eigenvalue weighted by Gasteiger charge is 2.27. The van der Waals surface area contributed by atoms with Crippen molar-refractivity contribution in [1.29, 1.82) is 0 Å². The number of allylic oxidation sites excluding steroid dienone is 9. The van der Waals surface area contributed by atoms with Gasteiger partial charge in [0.15, 0.2) is 0 Å². The van der Waals surface area contributed by atoms with E-state index in [1.165, 1.54) is 161 Å². The molecule has 3 N–H and O–H groups in total. The van der Waals surface area contributed by atoms with E-state index in [0.29, 0.717) is 17.4 Å². The highest BCUT2D eigenvalue weighted by atomic mass is 31.2. The molecule has 0 bridgehead atoms. The maximum atomic E-state index is 12.9. The number of aliphatic hydroxyl groups is 1. The molecule has 0 aliphatic carbocycles. The number of amides is 1. The molecule has 0 heterocycles. The molecule has 3 atom stereocenters. The number of quaternary nitrogens is 1. The minimum absolute atomic E-state index is 0.0542. The molecule has 0 aliphatic heterocycles. The normalized spacial score (nSPS) is 14.5. The van der Waals surface area contributed by atoms with Gasteiger partial charge in [0.05, 0.1) is 39.9 Å². The fourth-order valence-corrected chi connectivity index (χ4v) is 8.21. The Morgan fingerprint density at radius 1 is 0.531 bits per heavy atom. The molecule has 0 saturated heterocycles. The van der Waals surface area contributed by atoms with Gasteiger partial charge < -0.3 is 19.8 Å². The molecule has 64 heavy (non-hydrogen) atoms. The minimum Gasteiger partial charge on any atom is -0.387 e. The zero-order valence-corrected chi connectivity index (χ0v) is 43.4. The van der Waals surface area contributed by atoms with E-state index >= 15 is 0 Å². The molecule has 0 aromatic rings. The molecule has 0 fully saturated rings. The first kappa shape index (κ1) is 62.2. The summed E-state index contributed by atoms with van der Waals surface area (Å²) in [6, 6.07) is -0.866. The Labute approximate surface area is 396 Å². The number of nitrogens with zero attached hydrogens (tertiary/aromatic N) is 1. The monoisotopic (exact) mass is 920 g/mol. The molecule has 374 valence electrons. The lowest BCUT2D eigenvalue weighted by Gasteiger charge is -2.25. The second-order valence-corrected chi connectivity index (χ2v) is 20.7. The molecule has 9 heteroatoms. The van der Waals surface area contributed by atoms with Gasteiger partial charge >= 0.3 is 7.82 Å². The van der Waals surface area contributed by atoms with E-state index in [4.69, 9.17) is 9.05 Å². The highest BCUT2D eigenvalue weighted by molar-refractivity contribution is 7.47. The highest BCUT2D eigenvalue weighted by Crippen LogP contribution is 2.43. The van der Waals surface area contributed by atoms with Crippen molar-refractivity contribution < 1.29 is 32.9 Å². The van der Waals surface area contributed by atoms with Gasteiger partial charge in [-0.2, -0.15) is 0 Å². The van der Waals surface area contributed by atoms with Crippen LogP contribution in [0.5, 0.6) is 0 Å². The molecule has 0 radical (unpaired) electrons. The van der Waals surface area contributed by atoms with Gasteiger partial charge in [-0.15, -0.1) is 0 Å². The summed E-state index contributed by atoms with van der Waals surface area (Å²) in [6.07, 6.45) is 61.7. The van der Waals surface area contributed by atoms with Crippen molar-refractivity contribution in [2.45, 2.75) is 244 Å². The number of carbonyl (C=O) groups excluding carboxylic acids is 1. The maximum Gasteiger partial charge on any atom is 0.472 e. The zero-order valence-electron chi connectivity index (χ0n) is 42.5. The van der Waals surface area contributed by atoms with Crippen LogP contribution >= 0.6 is 7.82 Å². The lowest BCUT2D eigenvalue weighted by Crippen LogP contribution is -2.45. The van der Waals surface area contributed by atoms with Crippen molar-refractivity contribution >= 4 is 13.7 Å². The van der Waals surface area contributed by atoms with Crippen LogP contribution in [-0.2, 0) is 18.4 Å². The number of hydrogen-bond acceptors (Lipinski definition) is 5. The second-order valence-electron chi connectivity index (χ2n) is 19.2. The van der Waals surface area contributed by atoms with Crippen LogP contribution in [0.1, 0.15) is 232 Å². The van der Waals surface area contributed by atoms with Gasteiger partial charge in [-0.25, -0.2) is 4.57 Å². The Morgan fingerprint density at radius 3 is 1.36 bits per heavy atom. The van der Waals surface area contributed by atoms with E-state index in [2.05, 4.69) is 67.8 Å². The van der Waals surface area contributed by atoms with Crippen LogP contribution in [-0.4, -0.2) is 73.4 Å². The second kappa shape index (κ2) is 46.3. The summed E-state index contributed by atoms with van der Waals surface area (Å²) < 4.78 is 23.6. The van der Waals surface area contributed by atoms with Crippen LogP contribution in [0.25, 0.3) is 0 Å². The third kappa shape index (κ3) is 48.1. The third-order valence-corrected chi connectivity index (χ3v) is 12.7. The van der Waals surface area contributed by atoms with Crippen molar-refractivity contribution in [2.24, 2.45) is 0 Å². The largest absolute Gasteiger partial charge is 0.472 e. The van der Waals surface area contributed by atoms with Crippen molar-refractivity contribution in [3.05, 3.63) is 60.8 Å². The Balaban J connectivity index is 4.24. The Bertz CT molecular complexity index is 1230. The first-order valence-corrected chi connectivity index (χ1v) is 28.2. The van der Waals surface area contributed by atoms with E-state index in [1.54, 1.807) is 6.08 Å². The number of hydrogen-bond donors (Lipinski definition) is 3. The first-order chi connectivity index (χ1) is 31.0. The summed E-state index contributed by atoms with van der Waals surface area (Å²) in [4.78, 5) is 23.2. The van der Waals surface area contributed by atoms with Crippen LogP contribution in [0.2, 0.25) is 0 Å². The molecule has 3 unspecified atom stereocenters. The number of phosphoric acid groups is 1. The SMILES string of the molecule is CCCCCCC/C=C\C/C=C\C/C=C\CCCCCCCCCCCCCCC(=O)NC(COP(=O)(O)OCC[N+](C)(C)C)C(O)/C=C/CC/C=C/CCCCCCCCCCC. The number of nitrogens with one attached hydrogen (secondary N) is 1. The number of unbranched alkanes of at least 4 members (excludes halogenated alkanes) is 27. The predicted octanol–water partition coefficient (Wildman–Crippen LogP) is 15.8. The molecule has 0 saturated carbocycles. The average molecular weight is 920 g/mol. The Morgan fingerprint density at radius 2 is 0.906 bits per heavy atom. The predicted molar refractivity (Wildman–Crippen MR) is 277 cm³/mol. The number of likely N-dealkylation sites (N-methyl/N-ethyl adjacent to an activating group) is 1. The van der Waals surface area contributed by atoms with E-state index in [0.717, 1.165) is 51.4 Å². The summed E-state index contributed by atoms with van der Waals surface area (Å²) in [6.45, 7) is 4.78. The van der Waals surface area contributed by atoms with Gasteiger partial charge in [0.25, 0.3) is 0 Å². The van der Waals surface area contributed by atoms with Gasteiger partial charge in [0, 0.05) is 6.42 Å². The molecule has 1 amide bonds. The lowest BCUT2D eigenvalue weighted by molar-refractivity contribution is -0.870. The van der Waals surface area contributed by atoms with Gasteiger partial charge in [-0.05, 0) is 70.6 Å². The van der Waals surface area contributed by atoms with Crippen molar-refractivity contribution in [3.63, 3.8) is 0 Å². The van der Waals surface area contributed by atoms with Gasteiger partial charge in [-0.1, -0.05) is 216 Å². The zero-order chi connectivity index (χ0) is 47.1. The van der Waals surface area contributed by atoms with Crippen molar-refractivity contribution in [1.82, 2.24) is 5.32 Å². The van der Waals surface area contributed by atoms with Gasteiger partial charge in [-0.3, -0.25) is 13.8 Å². The summed E-state index contributed by atoms with van der Waals surface area (Å²) in [5, 5.41) is 13.9. The Hall–Kier alpha value is -1.80. The minimum atomic E-state index is -4.35. The van der Waals surface area contributed by atoms with Crippen LogP contribution in [0.3, 0.4) is 0 Å². The molecule has 0 aromatic heterocycles. The molecule has 0 spiro atoms.